The van der Waals surface area contributed by atoms with Gasteiger partial charge in [0.1, 0.15) is 6.54 Å². The number of sulfonamides is 1. The molecule has 1 aromatic rings. The van der Waals surface area contributed by atoms with Gasteiger partial charge in [0, 0.05) is 24.6 Å². The smallest absolute Gasteiger partial charge is 0.274 e. The van der Waals surface area contributed by atoms with Gasteiger partial charge in [-0.3, -0.25) is 14.5 Å². The first-order valence-corrected chi connectivity index (χ1v) is 11.0. The lowest BCUT2D eigenvalue weighted by Crippen LogP contribution is -2.44. The molecular formula is C19H25F3N2O4S. The highest BCUT2D eigenvalue weighted by molar-refractivity contribution is 7.89. The summed E-state index contributed by atoms with van der Waals surface area (Å²) in [7, 11) is -3.78. The van der Waals surface area contributed by atoms with Gasteiger partial charge < -0.3 is 0 Å². The second-order valence-corrected chi connectivity index (χ2v) is 8.99. The molecule has 0 aromatic heterocycles. The van der Waals surface area contributed by atoms with Crippen molar-refractivity contribution in [3.8, 4) is 0 Å². The van der Waals surface area contributed by atoms with Gasteiger partial charge in [-0.2, -0.15) is 17.5 Å². The molecule has 0 saturated heterocycles. The van der Waals surface area contributed by atoms with Gasteiger partial charge in [0.05, 0.1) is 4.90 Å². The Hall–Kier alpha value is -1.94. The topological polar surface area (TPSA) is 74.8 Å². The number of carbonyl (C=O) groups is 2. The Morgan fingerprint density at radius 1 is 1.03 bits per heavy atom. The van der Waals surface area contributed by atoms with Gasteiger partial charge in [-0.1, -0.05) is 13.8 Å². The quantitative estimate of drug-likeness (QED) is 0.558. The number of hydrogen-bond acceptors (Lipinski definition) is 4. The van der Waals surface area contributed by atoms with Crippen molar-refractivity contribution >= 4 is 21.8 Å². The number of amides is 2. The lowest BCUT2D eigenvalue weighted by molar-refractivity contribution is -0.156. The SMILES string of the molecule is CCCN(CCC)S(=O)(=O)c1ccc(C(=O)N(CC(F)(F)F)C(=O)C2CC2)cc1. The zero-order chi connectivity index (χ0) is 21.8. The molecule has 0 spiro atoms. The van der Waals surface area contributed by atoms with Crippen LogP contribution in [-0.2, 0) is 14.8 Å². The second-order valence-electron chi connectivity index (χ2n) is 7.05. The first kappa shape index (κ1) is 23.3. The predicted octanol–water partition coefficient (Wildman–Crippen LogP) is 3.44. The van der Waals surface area contributed by atoms with Crippen LogP contribution in [0.2, 0.25) is 0 Å². The minimum Gasteiger partial charge on any atom is -0.274 e. The standard InChI is InChI=1S/C19H25F3N2O4S/c1-3-11-23(12-4-2)29(27,28)16-9-7-15(8-10-16)18(26)24(13-19(20,21)22)17(25)14-5-6-14/h7-10,14H,3-6,11-13H2,1-2H3. The minimum absolute atomic E-state index is 0.0492. The fraction of sp³-hybridized carbons (Fsp3) is 0.579. The molecule has 1 saturated carbocycles. The molecule has 2 amide bonds. The van der Waals surface area contributed by atoms with E-state index in [1.54, 1.807) is 0 Å². The van der Waals surface area contributed by atoms with Crippen LogP contribution in [0.15, 0.2) is 29.2 Å². The van der Waals surface area contributed by atoms with Gasteiger partial charge in [0.25, 0.3) is 5.91 Å². The number of hydrogen-bond donors (Lipinski definition) is 0. The molecule has 1 aliphatic carbocycles. The van der Waals surface area contributed by atoms with Gasteiger partial charge in [0.2, 0.25) is 15.9 Å². The zero-order valence-electron chi connectivity index (χ0n) is 16.4. The van der Waals surface area contributed by atoms with Gasteiger partial charge in [-0.25, -0.2) is 8.42 Å². The number of halogens is 3. The van der Waals surface area contributed by atoms with Crippen LogP contribution >= 0.6 is 0 Å². The third-order valence-corrected chi connectivity index (χ3v) is 6.37. The number of carbonyl (C=O) groups excluding carboxylic acids is 2. The molecular weight excluding hydrogens is 409 g/mol. The van der Waals surface area contributed by atoms with E-state index in [9.17, 15) is 31.2 Å². The molecule has 2 rings (SSSR count). The number of nitrogens with zero attached hydrogens (tertiary/aromatic N) is 2. The average molecular weight is 434 g/mol. The van der Waals surface area contributed by atoms with Crippen LogP contribution in [0.25, 0.3) is 0 Å². The zero-order valence-corrected chi connectivity index (χ0v) is 17.2. The maximum Gasteiger partial charge on any atom is 0.406 e. The van der Waals surface area contributed by atoms with Crippen molar-refractivity contribution in [2.24, 2.45) is 5.92 Å². The van der Waals surface area contributed by atoms with Crippen LogP contribution in [0.1, 0.15) is 49.9 Å². The Morgan fingerprint density at radius 3 is 1.97 bits per heavy atom. The summed E-state index contributed by atoms with van der Waals surface area (Å²) in [4.78, 5) is 24.9. The van der Waals surface area contributed by atoms with Crippen LogP contribution in [0.3, 0.4) is 0 Å². The molecule has 0 radical (unpaired) electrons. The van der Waals surface area contributed by atoms with Crippen LogP contribution in [-0.4, -0.2) is 55.2 Å². The second kappa shape index (κ2) is 9.25. The number of rotatable bonds is 9. The fourth-order valence-corrected chi connectivity index (χ4v) is 4.53. The number of alkyl halides is 3. The summed E-state index contributed by atoms with van der Waals surface area (Å²) in [6.45, 7) is 2.72. The van der Waals surface area contributed by atoms with E-state index in [4.69, 9.17) is 0 Å². The first-order valence-electron chi connectivity index (χ1n) is 9.54. The molecule has 1 aliphatic rings. The van der Waals surface area contributed by atoms with Crippen LogP contribution < -0.4 is 0 Å². The summed E-state index contributed by atoms with van der Waals surface area (Å²) in [5.41, 5.74) is -0.167. The lowest BCUT2D eigenvalue weighted by atomic mass is 10.2. The van der Waals surface area contributed by atoms with E-state index in [0.717, 1.165) is 12.1 Å². The summed E-state index contributed by atoms with van der Waals surface area (Å²) < 4.78 is 65.4. The summed E-state index contributed by atoms with van der Waals surface area (Å²) >= 11 is 0. The summed E-state index contributed by atoms with van der Waals surface area (Å²) in [5, 5.41) is 0. The largest absolute Gasteiger partial charge is 0.406 e. The molecule has 0 heterocycles. The maximum absolute atomic E-state index is 12.8. The molecule has 1 aromatic carbocycles. The van der Waals surface area contributed by atoms with Crippen molar-refractivity contribution < 1.29 is 31.2 Å². The van der Waals surface area contributed by atoms with Crippen molar-refractivity contribution in [3.63, 3.8) is 0 Å². The third kappa shape index (κ3) is 6.02. The van der Waals surface area contributed by atoms with E-state index in [2.05, 4.69) is 0 Å². The Labute approximate surface area is 168 Å². The van der Waals surface area contributed by atoms with E-state index in [-0.39, 0.29) is 15.4 Å². The van der Waals surface area contributed by atoms with Gasteiger partial charge in [-0.05, 0) is 49.9 Å². The van der Waals surface area contributed by atoms with E-state index in [1.165, 1.54) is 16.4 Å². The highest BCUT2D eigenvalue weighted by Gasteiger charge is 2.42. The van der Waals surface area contributed by atoms with Crippen molar-refractivity contribution in [2.45, 2.75) is 50.6 Å². The highest BCUT2D eigenvalue weighted by atomic mass is 32.2. The third-order valence-electron chi connectivity index (χ3n) is 4.46. The Balaban J connectivity index is 2.26. The van der Waals surface area contributed by atoms with Crippen molar-refractivity contribution in [1.29, 1.82) is 0 Å². The Morgan fingerprint density at radius 2 is 1.55 bits per heavy atom. The van der Waals surface area contributed by atoms with E-state index in [0.29, 0.717) is 38.8 Å². The van der Waals surface area contributed by atoms with E-state index in [1.807, 2.05) is 13.8 Å². The summed E-state index contributed by atoms with van der Waals surface area (Å²) in [6.07, 6.45) is -2.54. The first-order chi connectivity index (χ1) is 13.5. The van der Waals surface area contributed by atoms with Crippen LogP contribution in [0.5, 0.6) is 0 Å². The Kier molecular flexibility index (Phi) is 7.45. The summed E-state index contributed by atoms with van der Waals surface area (Å²) in [6, 6.07) is 4.67. The molecule has 10 heteroatoms. The monoisotopic (exact) mass is 434 g/mol. The molecule has 29 heavy (non-hydrogen) atoms. The van der Waals surface area contributed by atoms with Gasteiger partial charge in [-0.15, -0.1) is 0 Å². The molecule has 0 N–H and O–H groups in total. The van der Waals surface area contributed by atoms with Crippen molar-refractivity contribution in [3.05, 3.63) is 29.8 Å². The molecule has 0 aliphatic heterocycles. The van der Waals surface area contributed by atoms with Crippen molar-refractivity contribution in [2.75, 3.05) is 19.6 Å². The average Bonchev–Trinajstić information content (AvgIpc) is 3.49. The molecule has 0 bridgehead atoms. The number of benzene rings is 1. The van der Waals surface area contributed by atoms with Crippen LogP contribution in [0.4, 0.5) is 13.2 Å². The van der Waals surface area contributed by atoms with Crippen molar-refractivity contribution in [1.82, 2.24) is 9.21 Å². The predicted molar refractivity (Wildman–Crippen MR) is 101 cm³/mol. The molecule has 0 atom stereocenters. The molecule has 162 valence electrons. The van der Waals surface area contributed by atoms with Gasteiger partial charge >= 0.3 is 6.18 Å². The Bertz CT molecular complexity index is 828. The summed E-state index contributed by atoms with van der Waals surface area (Å²) in [5.74, 6) is -2.49. The van der Waals surface area contributed by atoms with E-state index >= 15 is 0 Å². The molecule has 1 fully saturated rings. The fourth-order valence-electron chi connectivity index (χ4n) is 2.91. The minimum atomic E-state index is -4.72. The maximum atomic E-state index is 12.8. The molecule has 0 unspecified atom stereocenters. The highest BCUT2D eigenvalue weighted by Crippen LogP contribution is 2.33. The van der Waals surface area contributed by atoms with Gasteiger partial charge in [0.15, 0.2) is 0 Å². The number of imide groups is 1. The normalized spacial score (nSPS) is 14.8. The molecule has 6 nitrogen and oxygen atoms in total. The van der Waals surface area contributed by atoms with Crippen LogP contribution in [0, 0.1) is 5.92 Å². The lowest BCUT2D eigenvalue weighted by Gasteiger charge is -2.23. The van der Waals surface area contributed by atoms with E-state index < -0.39 is 40.5 Å².